The Kier molecular flexibility index (Phi) is 4.16. The Bertz CT molecular complexity index is 344. The van der Waals surface area contributed by atoms with Gasteiger partial charge in [0.15, 0.2) is 0 Å². The molecule has 0 bridgehead atoms. The molecule has 1 aromatic rings. The molecule has 0 spiro atoms. The van der Waals surface area contributed by atoms with Crippen molar-refractivity contribution in [1.29, 1.82) is 0 Å². The van der Waals surface area contributed by atoms with Crippen LogP contribution in [0.25, 0.3) is 0 Å². The zero-order valence-electron chi connectivity index (χ0n) is 9.29. The van der Waals surface area contributed by atoms with E-state index in [4.69, 9.17) is 0 Å². The summed E-state index contributed by atoms with van der Waals surface area (Å²) in [6.07, 6.45) is 6.78. The van der Waals surface area contributed by atoms with Crippen LogP contribution in [0.15, 0.2) is 24.3 Å². The molecular formula is C14H16BrO. The first-order valence-corrected chi connectivity index (χ1v) is 6.99. The van der Waals surface area contributed by atoms with Crippen molar-refractivity contribution >= 4 is 22.2 Å². The van der Waals surface area contributed by atoms with Crippen LogP contribution in [0.4, 0.5) is 0 Å². The van der Waals surface area contributed by atoms with Crippen molar-refractivity contribution in [3.05, 3.63) is 35.4 Å². The van der Waals surface area contributed by atoms with Crippen LogP contribution in [0.5, 0.6) is 0 Å². The van der Waals surface area contributed by atoms with Gasteiger partial charge in [0.1, 0.15) is 0 Å². The van der Waals surface area contributed by atoms with Gasteiger partial charge in [0.05, 0.1) is 0 Å². The highest BCUT2D eigenvalue weighted by Crippen LogP contribution is 2.36. The van der Waals surface area contributed by atoms with Crippen molar-refractivity contribution in [3.8, 4) is 0 Å². The second-order valence-electron chi connectivity index (χ2n) is 4.49. The summed E-state index contributed by atoms with van der Waals surface area (Å²) >= 11 is 3.44. The van der Waals surface area contributed by atoms with E-state index in [0.29, 0.717) is 5.92 Å². The minimum atomic E-state index is 0.114. The second-order valence-corrected chi connectivity index (χ2v) is 5.05. The molecule has 0 saturated heterocycles. The quantitative estimate of drug-likeness (QED) is 0.766. The van der Waals surface area contributed by atoms with E-state index in [2.05, 4.69) is 46.5 Å². The topological polar surface area (TPSA) is 17.1 Å². The molecular weight excluding hydrogens is 264 g/mol. The van der Waals surface area contributed by atoms with Gasteiger partial charge in [0.25, 0.3) is 0 Å². The van der Waals surface area contributed by atoms with Gasteiger partial charge in [-0.05, 0) is 29.9 Å². The number of halogens is 1. The molecule has 1 fully saturated rings. The standard InChI is InChI=1S/C14H16BrO/c15-9-11-5-7-12(8-6-11)14-4-2-1-3-13(14)10-16/h5-8,13-14H,1-4,9H2/t13-,14-/m0/s1. The number of rotatable bonds is 3. The van der Waals surface area contributed by atoms with Crippen LogP contribution in [0.3, 0.4) is 0 Å². The van der Waals surface area contributed by atoms with Crippen LogP contribution in [0.2, 0.25) is 0 Å². The summed E-state index contributed by atoms with van der Waals surface area (Å²) in [5.74, 6) is 0.513. The highest BCUT2D eigenvalue weighted by Gasteiger charge is 2.26. The third-order valence-corrected chi connectivity index (χ3v) is 4.13. The Labute approximate surface area is 105 Å². The summed E-state index contributed by atoms with van der Waals surface area (Å²) in [5, 5.41) is 0.890. The van der Waals surface area contributed by atoms with E-state index >= 15 is 0 Å². The van der Waals surface area contributed by atoms with Crippen LogP contribution >= 0.6 is 15.9 Å². The molecule has 1 aliphatic rings. The Balaban J connectivity index is 2.17. The van der Waals surface area contributed by atoms with E-state index in [9.17, 15) is 4.79 Å². The average molecular weight is 280 g/mol. The largest absolute Gasteiger partial charge is 0.291 e. The molecule has 1 radical (unpaired) electrons. The molecule has 0 unspecified atom stereocenters. The van der Waals surface area contributed by atoms with E-state index in [0.717, 1.165) is 18.2 Å². The highest BCUT2D eigenvalue weighted by atomic mass is 79.9. The molecule has 0 aliphatic heterocycles. The lowest BCUT2D eigenvalue weighted by Gasteiger charge is -2.27. The van der Waals surface area contributed by atoms with Crippen molar-refractivity contribution in [3.63, 3.8) is 0 Å². The van der Waals surface area contributed by atoms with Gasteiger partial charge in [-0.1, -0.05) is 53.0 Å². The first kappa shape index (κ1) is 11.8. The normalized spacial score (nSPS) is 25.3. The maximum Gasteiger partial charge on any atom is 0.202 e. The van der Waals surface area contributed by atoms with Crippen molar-refractivity contribution in [2.75, 3.05) is 0 Å². The molecule has 0 amide bonds. The Hall–Kier alpha value is -0.630. The van der Waals surface area contributed by atoms with Crippen molar-refractivity contribution in [1.82, 2.24) is 0 Å². The lowest BCUT2D eigenvalue weighted by molar-refractivity contribution is 0.365. The molecule has 1 aliphatic carbocycles. The maximum absolute atomic E-state index is 10.9. The van der Waals surface area contributed by atoms with E-state index in [-0.39, 0.29) is 5.92 Å². The SMILES string of the molecule is O=[C][C@@H]1CCCC[C@H]1c1ccc(CBr)cc1. The third-order valence-electron chi connectivity index (χ3n) is 3.48. The van der Waals surface area contributed by atoms with E-state index in [1.807, 2.05) is 0 Å². The third kappa shape index (κ3) is 2.54. The van der Waals surface area contributed by atoms with Gasteiger partial charge in [-0.2, -0.15) is 0 Å². The fraction of sp³-hybridized carbons (Fsp3) is 0.500. The molecule has 0 N–H and O–H groups in total. The van der Waals surface area contributed by atoms with Crippen LogP contribution in [-0.4, -0.2) is 6.29 Å². The molecule has 2 heteroatoms. The Morgan fingerprint density at radius 1 is 1.19 bits per heavy atom. The van der Waals surface area contributed by atoms with Crippen LogP contribution in [0, 0.1) is 5.92 Å². The van der Waals surface area contributed by atoms with Crippen LogP contribution in [0.1, 0.15) is 42.7 Å². The Morgan fingerprint density at radius 3 is 2.50 bits per heavy atom. The summed E-state index contributed by atoms with van der Waals surface area (Å²) in [6, 6.07) is 8.61. The molecule has 85 valence electrons. The molecule has 16 heavy (non-hydrogen) atoms. The molecule has 2 rings (SSSR count). The number of hydrogen-bond acceptors (Lipinski definition) is 1. The molecule has 0 aromatic heterocycles. The van der Waals surface area contributed by atoms with Crippen molar-refractivity contribution in [2.45, 2.75) is 36.9 Å². The van der Waals surface area contributed by atoms with E-state index in [1.54, 1.807) is 0 Å². The smallest absolute Gasteiger partial charge is 0.202 e. The first-order chi connectivity index (χ1) is 7.85. The van der Waals surface area contributed by atoms with E-state index in [1.165, 1.54) is 24.0 Å². The zero-order chi connectivity index (χ0) is 11.4. The molecule has 1 nitrogen and oxygen atoms in total. The lowest BCUT2D eigenvalue weighted by atomic mass is 9.76. The molecule has 1 aromatic carbocycles. The van der Waals surface area contributed by atoms with Crippen LogP contribution in [-0.2, 0) is 10.1 Å². The molecule has 2 atom stereocenters. The van der Waals surface area contributed by atoms with Gasteiger partial charge >= 0.3 is 0 Å². The molecule has 1 saturated carbocycles. The van der Waals surface area contributed by atoms with Crippen molar-refractivity contribution < 1.29 is 4.79 Å². The van der Waals surface area contributed by atoms with Crippen LogP contribution < -0.4 is 0 Å². The Morgan fingerprint density at radius 2 is 1.88 bits per heavy atom. The first-order valence-electron chi connectivity index (χ1n) is 5.87. The number of alkyl halides is 1. The minimum Gasteiger partial charge on any atom is -0.291 e. The highest BCUT2D eigenvalue weighted by molar-refractivity contribution is 9.08. The summed E-state index contributed by atoms with van der Waals surface area (Å²) in [5.41, 5.74) is 2.59. The van der Waals surface area contributed by atoms with Gasteiger partial charge in [-0.15, -0.1) is 0 Å². The second kappa shape index (κ2) is 5.62. The van der Waals surface area contributed by atoms with Gasteiger partial charge < -0.3 is 0 Å². The van der Waals surface area contributed by atoms with Gasteiger partial charge in [0, 0.05) is 11.2 Å². The predicted octanol–water partition coefficient (Wildman–Crippen LogP) is 3.97. The fourth-order valence-corrected chi connectivity index (χ4v) is 2.90. The lowest BCUT2D eigenvalue weighted by Crippen LogP contribution is -2.18. The van der Waals surface area contributed by atoms with Gasteiger partial charge in [-0.3, -0.25) is 4.79 Å². The molecule has 0 heterocycles. The fourth-order valence-electron chi connectivity index (χ4n) is 2.52. The summed E-state index contributed by atoms with van der Waals surface area (Å²) in [6.45, 7) is 0. The minimum absolute atomic E-state index is 0.114. The van der Waals surface area contributed by atoms with Crippen molar-refractivity contribution in [2.24, 2.45) is 5.92 Å². The van der Waals surface area contributed by atoms with Gasteiger partial charge in [0.2, 0.25) is 6.29 Å². The summed E-state index contributed by atoms with van der Waals surface area (Å²) in [7, 11) is 0. The summed E-state index contributed by atoms with van der Waals surface area (Å²) < 4.78 is 0. The average Bonchev–Trinajstić information content (AvgIpc) is 2.39. The predicted molar refractivity (Wildman–Crippen MR) is 69.5 cm³/mol. The summed E-state index contributed by atoms with van der Waals surface area (Å²) in [4.78, 5) is 10.9. The number of hydrogen-bond donors (Lipinski definition) is 0. The number of carbonyl (C=O) groups excluding carboxylic acids is 1. The van der Waals surface area contributed by atoms with Gasteiger partial charge in [-0.25, -0.2) is 0 Å². The zero-order valence-corrected chi connectivity index (χ0v) is 10.9. The monoisotopic (exact) mass is 279 g/mol. The maximum atomic E-state index is 10.9. The number of benzene rings is 1. The van der Waals surface area contributed by atoms with E-state index < -0.39 is 0 Å².